The van der Waals surface area contributed by atoms with Crippen LogP contribution in [0.2, 0.25) is 0 Å². The quantitative estimate of drug-likeness (QED) is 0.363. The van der Waals surface area contributed by atoms with E-state index in [2.05, 4.69) is 106 Å². The molecule has 2 aromatic rings. The van der Waals surface area contributed by atoms with E-state index in [0.29, 0.717) is 11.1 Å². The highest BCUT2D eigenvalue weighted by Crippen LogP contribution is 2.49. The molecule has 0 aromatic carbocycles. The maximum absolute atomic E-state index is 13.1. The van der Waals surface area contributed by atoms with Gasteiger partial charge in [0, 0.05) is 23.5 Å². The smallest absolute Gasteiger partial charge is 0.241 e. The Balaban J connectivity index is 2.77. The summed E-state index contributed by atoms with van der Waals surface area (Å²) in [5.74, 6) is 0. The second kappa shape index (κ2) is 7.40. The first-order chi connectivity index (χ1) is 10.5. The molecule has 0 saturated carbocycles. The van der Waals surface area contributed by atoms with E-state index in [1.807, 2.05) is 0 Å². The summed E-state index contributed by atoms with van der Waals surface area (Å²) in [4.78, 5) is 8.10. The van der Waals surface area contributed by atoms with E-state index in [1.165, 1.54) is 12.4 Å². The molecule has 2 heterocycles. The third kappa shape index (κ3) is 4.65. The van der Waals surface area contributed by atoms with E-state index in [4.69, 9.17) is 0 Å². The summed E-state index contributed by atoms with van der Waals surface area (Å²) in [7, 11) is -3.97. The van der Waals surface area contributed by atoms with Gasteiger partial charge in [0.25, 0.3) is 0 Å². The Kier molecular flexibility index (Phi) is 6.58. The van der Waals surface area contributed by atoms with E-state index < -0.39 is 14.1 Å². The van der Waals surface area contributed by atoms with Crippen LogP contribution in [0.1, 0.15) is 11.1 Å². The molecule has 2 aromatic heterocycles. The van der Waals surface area contributed by atoms with Crippen LogP contribution >= 0.6 is 95.6 Å². The van der Waals surface area contributed by atoms with Crippen molar-refractivity contribution in [2.45, 2.75) is 14.3 Å². The van der Waals surface area contributed by atoms with Crippen LogP contribution in [0.3, 0.4) is 0 Å². The zero-order chi connectivity index (χ0) is 17.5. The summed E-state index contributed by atoms with van der Waals surface area (Å²) in [6.45, 7) is 0. The molecule has 0 aliphatic carbocycles. The molecule has 0 fully saturated rings. The van der Waals surface area contributed by atoms with Gasteiger partial charge in [-0.1, -0.05) is 108 Å². The van der Waals surface area contributed by atoms with Crippen molar-refractivity contribution >= 4 is 105 Å². The van der Waals surface area contributed by atoms with Gasteiger partial charge in [-0.3, -0.25) is 0 Å². The number of pyridine rings is 2. The summed E-state index contributed by atoms with van der Waals surface area (Å²) >= 11 is 20.0. The molecule has 2 rings (SSSR count). The van der Waals surface area contributed by atoms with Gasteiger partial charge in [-0.15, -0.1) is 0 Å². The Labute approximate surface area is 183 Å². The van der Waals surface area contributed by atoms with Crippen LogP contribution in [0.5, 0.6) is 0 Å². The lowest BCUT2D eigenvalue weighted by Crippen LogP contribution is -2.17. The van der Waals surface area contributed by atoms with Crippen LogP contribution in [0.25, 0.3) is 0 Å². The van der Waals surface area contributed by atoms with Crippen LogP contribution in [0.15, 0.2) is 46.7 Å². The number of aromatic nitrogens is 2. The van der Waals surface area contributed by atoms with Crippen LogP contribution in [-0.2, 0) is 14.1 Å². The summed E-state index contributed by atoms with van der Waals surface area (Å²) in [6.07, 6.45) is 2.84. The predicted octanol–water partition coefficient (Wildman–Crippen LogP) is 5.90. The third-order valence-corrected chi connectivity index (χ3v) is 6.89. The maximum atomic E-state index is 13.1. The second-order valence-electron chi connectivity index (χ2n) is 4.21. The fourth-order valence-corrected chi connectivity index (χ4v) is 6.04. The number of rotatable bonds is 2. The summed E-state index contributed by atoms with van der Waals surface area (Å²) in [5.41, 5.74) is 0.807. The topological polar surface area (TPSA) is 59.9 Å². The van der Waals surface area contributed by atoms with Crippen molar-refractivity contribution < 1.29 is 8.42 Å². The highest BCUT2D eigenvalue weighted by molar-refractivity contribution is 9.39. The van der Waals surface area contributed by atoms with E-state index in [9.17, 15) is 8.42 Å². The number of sulfone groups is 1. The third-order valence-electron chi connectivity index (χ3n) is 2.66. The predicted molar refractivity (Wildman–Crippen MR) is 111 cm³/mol. The number of hydrogen-bond donors (Lipinski definition) is 0. The van der Waals surface area contributed by atoms with Crippen molar-refractivity contribution in [2.75, 3.05) is 0 Å². The molecule has 0 N–H and O–H groups in total. The summed E-state index contributed by atoms with van der Waals surface area (Å²) in [6, 6.07) is 6.58. The minimum absolute atomic E-state index is 0.109. The Bertz CT molecular complexity index is 766. The maximum Gasteiger partial charge on any atom is 0.241 e. The van der Waals surface area contributed by atoms with Gasteiger partial charge in [-0.25, -0.2) is 18.4 Å². The lowest BCUT2D eigenvalue weighted by Gasteiger charge is -2.19. The van der Waals surface area contributed by atoms with Crippen LogP contribution in [0.4, 0.5) is 0 Å². The first-order valence-corrected chi connectivity index (χ1v) is 12.0. The lowest BCUT2D eigenvalue weighted by molar-refractivity contribution is 0.586. The molecular weight excluding hydrogens is 716 g/mol. The highest BCUT2D eigenvalue weighted by Gasteiger charge is 2.37. The van der Waals surface area contributed by atoms with Gasteiger partial charge in [-0.05, 0) is 12.1 Å². The van der Waals surface area contributed by atoms with Gasteiger partial charge >= 0.3 is 0 Å². The standard InChI is InChI=1S/C12H6Br6N2O2S/c13-11(14,15)7-3-1-5-19-9(7)23(21,22)10-8(12(16,17)18)4-2-6-20-10/h1-6H. The van der Waals surface area contributed by atoms with Gasteiger partial charge in [0.05, 0.1) is 0 Å². The molecule has 0 amide bonds. The number of nitrogens with zero attached hydrogens (tertiary/aromatic N) is 2. The largest absolute Gasteiger partial charge is 0.244 e. The van der Waals surface area contributed by atoms with Crippen molar-refractivity contribution in [2.24, 2.45) is 0 Å². The van der Waals surface area contributed by atoms with Gasteiger partial charge < -0.3 is 0 Å². The number of alkyl halides is 6. The molecule has 23 heavy (non-hydrogen) atoms. The Morgan fingerprint density at radius 1 is 0.739 bits per heavy atom. The molecule has 4 nitrogen and oxygen atoms in total. The van der Waals surface area contributed by atoms with Gasteiger partial charge in [0.15, 0.2) is 14.3 Å². The van der Waals surface area contributed by atoms with Crippen molar-refractivity contribution in [3.8, 4) is 0 Å². The highest BCUT2D eigenvalue weighted by atomic mass is 80.0. The molecule has 124 valence electrons. The SMILES string of the molecule is O=S(=O)(c1ncccc1C(Br)(Br)Br)c1ncccc1C(Br)(Br)Br. The lowest BCUT2D eigenvalue weighted by atomic mass is 10.3. The molecule has 0 atom stereocenters. The average Bonchev–Trinajstić information content (AvgIpc) is 2.45. The van der Waals surface area contributed by atoms with Crippen molar-refractivity contribution in [3.05, 3.63) is 47.8 Å². The van der Waals surface area contributed by atoms with Crippen LogP contribution in [0, 0.1) is 0 Å². The fourth-order valence-electron chi connectivity index (χ4n) is 1.73. The second-order valence-corrected chi connectivity index (χ2v) is 19.5. The minimum Gasteiger partial charge on any atom is -0.244 e. The zero-order valence-corrected chi connectivity index (χ0v) is 21.2. The summed E-state index contributed by atoms with van der Waals surface area (Å²) < 4.78 is 24.4. The van der Waals surface area contributed by atoms with Crippen molar-refractivity contribution in [1.29, 1.82) is 0 Å². The molecule has 0 aliphatic rings. The Morgan fingerprint density at radius 3 is 1.39 bits per heavy atom. The number of halogens is 6. The average molecular weight is 722 g/mol. The number of hydrogen-bond acceptors (Lipinski definition) is 4. The normalized spacial score (nSPS) is 13.1. The molecule has 0 aliphatic heterocycles. The Morgan fingerprint density at radius 2 is 1.09 bits per heavy atom. The molecule has 0 bridgehead atoms. The van der Waals surface area contributed by atoms with Gasteiger partial charge in [-0.2, -0.15) is 0 Å². The molecule has 11 heteroatoms. The minimum atomic E-state index is -3.97. The first-order valence-electron chi connectivity index (χ1n) is 5.75. The fraction of sp³-hybridized carbons (Fsp3) is 0.167. The monoisotopic (exact) mass is 716 g/mol. The molecular formula is C12H6Br6N2O2S. The first kappa shape index (κ1) is 20.4. The van der Waals surface area contributed by atoms with Gasteiger partial charge in [0.2, 0.25) is 9.84 Å². The molecule has 0 radical (unpaired) electrons. The van der Waals surface area contributed by atoms with Gasteiger partial charge in [0.1, 0.15) is 0 Å². The zero-order valence-electron chi connectivity index (χ0n) is 10.9. The van der Waals surface area contributed by atoms with Crippen LogP contribution < -0.4 is 0 Å². The molecule has 0 unspecified atom stereocenters. The van der Waals surface area contributed by atoms with Crippen LogP contribution in [-0.4, -0.2) is 18.4 Å². The van der Waals surface area contributed by atoms with E-state index >= 15 is 0 Å². The van der Waals surface area contributed by atoms with E-state index in [1.54, 1.807) is 24.3 Å². The Hall–Kier alpha value is 1.13. The van der Waals surface area contributed by atoms with E-state index in [0.717, 1.165) is 0 Å². The van der Waals surface area contributed by atoms with Crippen molar-refractivity contribution in [3.63, 3.8) is 0 Å². The molecule has 0 spiro atoms. The molecule has 0 saturated heterocycles. The summed E-state index contributed by atoms with van der Waals surface area (Å²) in [5, 5.41) is -0.218. The van der Waals surface area contributed by atoms with E-state index in [-0.39, 0.29) is 10.1 Å². The van der Waals surface area contributed by atoms with Crippen molar-refractivity contribution in [1.82, 2.24) is 9.97 Å².